The lowest BCUT2D eigenvalue weighted by atomic mass is 10.1. The first-order valence-electron chi connectivity index (χ1n) is 7.06. The highest BCUT2D eigenvalue weighted by molar-refractivity contribution is 7.19. The first-order valence-corrected chi connectivity index (χ1v) is 10.1. The lowest BCUT2D eigenvalue weighted by Crippen LogP contribution is -2.48. The van der Waals surface area contributed by atoms with Gasteiger partial charge in [0.2, 0.25) is 0 Å². The lowest BCUT2D eigenvalue weighted by Gasteiger charge is -2.21. The van der Waals surface area contributed by atoms with E-state index >= 15 is 0 Å². The molecule has 2 aromatic carbocycles. The van der Waals surface area contributed by atoms with Gasteiger partial charge in [-0.15, -0.1) is 0 Å². The summed E-state index contributed by atoms with van der Waals surface area (Å²) in [5.74, 6) is 0. The van der Waals surface area contributed by atoms with E-state index in [0.29, 0.717) is 0 Å². The molecule has 0 spiro atoms. The summed E-state index contributed by atoms with van der Waals surface area (Å²) in [4.78, 5) is 0. The molecule has 0 aliphatic heterocycles. The predicted molar refractivity (Wildman–Crippen MR) is 92.1 cm³/mol. The zero-order chi connectivity index (χ0) is 15.0. The summed E-state index contributed by atoms with van der Waals surface area (Å²) in [5, 5.41) is 3.01. The highest BCUT2D eigenvalue weighted by Gasteiger charge is 2.19. The molecule has 0 bridgehead atoms. The molecular weight excluding hydrogens is 272 g/mol. The van der Waals surface area contributed by atoms with Crippen molar-refractivity contribution in [1.82, 2.24) is 0 Å². The highest BCUT2D eigenvalue weighted by atomic mass is 29.1. The molecule has 0 atom stereocenters. The minimum Gasteiger partial charge on any atom is -0.0565 e. The monoisotopic (exact) mass is 294 g/mol. The van der Waals surface area contributed by atoms with Crippen LogP contribution >= 0.6 is 0 Å². The lowest BCUT2D eigenvalue weighted by molar-refractivity contribution is 1.34. The standard InChI is InChI=1S/C18H22Si2/c1-11-7-13(3)17(14(4)8-11)20(19)18-15(5)9-12(2)10-16(18)6/h7-10H,1-6H3. The Hall–Kier alpha value is -1.13. The Bertz CT molecular complexity index is 553. The van der Waals surface area contributed by atoms with Crippen molar-refractivity contribution < 1.29 is 0 Å². The van der Waals surface area contributed by atoms with E-state index in [-0.39, 0.29) is 0 Å². The highest BCUT2D eigenvalue weighted by Crippen LogP contribution is 2.11. The summed E-state index contributed by atoms with van der Waals surface area (Å²) in [6, 6.07) is 9.19. The second-order valence-electron chi connectivity index (χ2n) is 5.92. The quantitative estimate of drug-likeness (QED) is 0.747. The summed E-state index contributed by atoms with van der Waals surface area (Å²) in [6.07, 6.45) is 0. The maximum absolute atomic E-state index is 4.11. The summed E-state index contributed by atoms with van der Waals surface area (Å²) in [5.41, 5.74) is 8.33. The molecular formula is C18H22Si2. The van der Waals surface area contributed by atoms with Crippen molar-refractivity contribution in [3.63, 3.8) is 0 Å². The van der Waals surface area contributed by atoms with Crippen molar-refractivity contribution in [2.75, 3.05) is 0 Å². The molecule has 0 N–H and O–H groups in total. The average Bonchev–Trinajstić information content (AvgIpc) is 2.25. The fourth-order valence-electron chi connectivity index (χ4n) is 3.27. The van der Waals surface area contributed by atoms with Crippen molar-refractivity contribution in [3.8, 4) is 0 Å². The van der Waals surface area contributed by atoms with Crippen LogP contribution in [0, 0.1) is 41.5 Å². The Labute approximate surface area is 128 Å². The molecule has 20 heavy (non-hydrogen) atoms. The van der Waals surface area contributed by atoms with E-state index in [4.69, 9.17) is 0 Å². The van der Waals surface area contributed by atoms with Crippen LogP contribution < -0.4 is 10.4 Å². The third kappa shape index (κ3) is 2.81. The second-order valence-corrected chi connectivity index (χ2v) is 9.17. The van der Waals surface area contributed by atoms with Gasteiger partial charge in [-0.3, -0.25) is 0 Å². The number of aryl methyl sites for hydroxylation is 6. The Morgan fingerprint density at radius 3 is 1.10 bits per heavy atom. The van der Waals surface area contributed by atoms with Crippen LogP contribution in [0.5, 0.6) is 0 Å². The van der Waals surface area contributed by atoms with E-state index in [1.165, 1.54) is 43.8 Å². The van der Waals surface area contributed by atoms with Crippen molar-refractivity contribution in [1.29, 1.82) is 0 Å². The van der Waals surface area contributed by atoms with Gasteiger partial charge in [0.05, 0.1) is 0 Å². The van der Waals surface area contributed by atoms with Crippen molar-refractivity contribution in [2.24, 2.45) is 0 Å². The molecule has 0 fully saturated rings. The maximum atomic E-state index is 4.11. The normalized spacial score (nSPS) is 11.2. The summed E-state index contributed by atoms with van der Waals surface area (Å²) in [7, 11) is 3.22. The molecule has 2 rings (SSSR count). The van der Waals surface area contributed by atoms with E-state index in [2.05, 4.69) is 75.6 Å². The molecule has 0 aliphatic rings. The molecule has 0 saturated heterocycles. The maximum Gasteiger partial charge on any atom is 0.104 e. The van der Waals surface area contributed by atoms with Gasteiger partial charge >= 0.3 is 0 Å². The van der Waals surface area contributed by atoms with Crippen LogP contribution in [0.3, 0.4) is 0 Å². The third-order valence-corrected chi connectivity index (χ3v) is 7.93. The zero-order valence-electron chi connectivity index (χ0n) is 13.3. The molecule has 0 heterocycles. The Morgan fingerprint density at radius 2 is 0.850 bits per heavy atom. The predicted octanol–water partition coefficient (Wildman–Crippen LogP) is 2.81. The van der Waals surface area contributed by atoms with Gasteiger partial charge in [0.25, 0.3) is 0 Å². The Balaban J connectivity index is 2.61. The molecule has 0 aliphatic carbocycles. The number of rotatable bonds is 2. The van der Waals surface area contributed by atoms with Gasteiger partial charge in [-0.25, -0.2) is 0 Å². The van der Waals surface area contributed by atoms with Crippen LogP contribution in [0.4, 0.5) is 0 Å². The van der Waals surface area contributed by atoms with Gasteiger partial charge in [-0.2, -0.15) is 0 Å². The molecule has 2 aromatic rings. The van der Waals surface area contributed by atoms with Gasteiger partial charge in [0.1, 0.15) is 8.31 Å². The van der Waals surface area contributed by atoms with Crippen molar-refractivity contribution in [3.05, 3.63) is 57.6 Å². The number of hydrogen-bond acceptors (Lipinski definition) is 0. The third-order valence-electron chi connectivity index (χ3n) is 3.85. The Kier molecular flexibility index (Phi) is 4.35. The minimum atomic E-state index is -0.893. The number of hydrogen-bond donors (Lipinski definition) is 0. The smallest absolute Gasteiger partial charge is 0.0565 e. The van der Waals surface area contributed by atoms with Crippen LogP contribution in [-0.4, -0.2) is 18.1 Å². The first-order chi connectivity index (χ1) is 9.31. The first kappa shape index (κ1) is 15.3. The van der Waals surface area contributed by atoms with Gasteiger partial charge in [-0.1, -0.05) is 68.0 Å². The Morgan fingerprint density at radius 1 is 0.600 bits per heavy atom. The molecule has 0 aromatic heterocycles. The van der Waals surface area contributed by atoms with Crippen LogP contribution in [-0.2, 0) is 0 Å². The van der Waals surface area contributed by atoms with E-state index < -0.39 is 8.31 Å². The fraction of sp³-hybridized carbons (Fsp3) is 0.333. The van der Waals surface area contributed by atoms with Crippen LogP contribution in [0.15, 0.2) is 24.3 Å². The van der Waals surface area contributed by atoms with E-state index in [1.54, 1.807) is 0 Å². The second kappa shape index (κ2) is 5.70. The average molecular weight is 295 g/mol. The molecule has 0 amide bonds. The SMILES string of the molecule is Cc1cc(C)c([Si]([Si])c2c(C)cc(C)cc2C)c(C)c1. The van der Waals surface area contributed by atoms with Gasteiger partial charge in [0.15, 0.2) is 0 Å². The van der Waals surface area contributed by atoms with E-state index in [1.807, 2.05) is 0 Å². The van der Waals surface area contributed by atoms with E-state index in [0.717, 1.165) is 0 Å². The van der Waals surface area contributed by atoms with E-state index in [9.17, 15) is 0 Å². The summed E-state index contributed by atoms with van der Waals surface area (Å²) >= 11 is 0. The molecule has 102 valence electrons. The molecule has 4 radical (unpaired) electrons. The van der Waals surface area contributed by atoms with Gasteiger partial charge < -0.3 is 0 Å². The molecule has 0 unspecified atom stereocenters. The van der Waals surface area contributed by atoms with Crippen LogP contribution in [0.1, 0.15) is 33.4 Å². The minimum absolute atomic E-state index is 0.893. The van der Waals surface area contributed by atoms with Gasteiger partial charge in [0, 0.05) is 9.76 Å². The summed E-state index contributed by atoms with van der Waals surface area (Å²) in [6.45, 7) is 13.3. The topological polar surface area (TPSA) is 0 Å². The van der Waals surface area contributed by atoms with Crippen molar-refractivity contribution >= 4 is 28.4 Å². The molecule has 0 nitrogen and oxygen atoms in total. The number of benzene rings is 2. The molecule has 0 saturated carbocycles. The largest absolute Gasteiger partial charge is 0.104 e. The zero-order valence-corrected chi connectivity index (χ0v) is 15.3. The fourth-order valence-corrected chi connectivity index (χ4v) is 7.76. The molecule has 2 heteroatoms. The van der Waals surface area contributed by atoms with Gasteiger partial charge in [-0.05, 0) is 41.5 Å². The van der Waals surface area contributed by atoms with Crippen molar-refractivity contribution in [2.45, 2.75) is 41.5 Å². The van der Waals surface area contributed by atoms with Crippen LogP contribution in [0.25, 0.3) is 0 Å². The van der Waals surface area contributed by atoms with Crippen LogP contribution in [0.2, 0.25) is 0 Å². The summed E-state index contributed by atoms with van der Waals surface area (Å²) < 4.78 is 0.